The van der Waals surface area contributed by atoms with E-state index < -0.39 is 0 Å². The number of piperidine rings is 2. The SMILES string of the molecule is CCC1CN(CC(=O)N2CCCCC2)CCC1CN. The maximum Gasteiger partial charge on any atom is 0.236 e. The summed E-state index contributed by atoms with van der Waals surface area (Å²) >= 11 is 0. The van der Waals surface area contributed by atoms with Crippen LogP contribution in [0.1, 0.15) is 39.0 Å². The van der Waals surface area contributed by atoms with Gasteiger partial charge in [-0.2, -0.15) is 0 Å². The smallest absolute Gasteiger partial charge is 0.236 e. The second-order valence-corrected chi connectivity index (χ2v) is 6.13. The van der Waals surface area contributed by atoms with Gasteiger partial charge in [0, 0.05) is 19.6 Å². The molecule has 2 heterocycles. The lowest BCUT2D eigenvalue weighted by Crippen LogP contribution is -2.48. The largest absolute Gasteiger partial charge is 0.342 e. The predicted octanol–water partition coefficient (Wildman–Crippen LogP) is 1.31. The molecule has 4 heteroatoms. The standard InChI is InChI=1S/C15H29N3O/c1-2-13-11-17(9-6-14(13)10-16)12-15(19)18-7-4-3-5-8-18/h13-14H,2-12,16H2,1H3. The molecule has 19 heavy (non-hydrogen) atoms. The molecule has 2 unspecified atom stereocenters. The number of likely N-dealkylation sites (tertiary alicyclic amines) is 2. The number of carbonyl (C=O) groups excluding carboxylic acids is 1. The van der Waals surface area contributed by atoms with Gasteiger partial charge in [-0.1, -0.05) is 13.3 Å². The van der Waals surface area contributed by atoms with Crippen molar-refractivity contribution in [2.24, 2.45) is 17.6 Å². The topological polar surface area (TPSA) is 49.6 Å². The summed E-state index contributed by atoms with van der Waals surface area (Å²) in [7, 11) is 0. The summed E-state index contributed by atoms with van der Waals surface area (Å²) < 4.78 is 0. The van der Waals surface area contributed by atoms with Gasteiger partial charge in [-0.3, -0.25) is 9.69 Å². The second-order valence-electron chi connectivity index (χ2n) is 6.13. The molecule has 2 aliphatic heterocycles. The number of rotatable bonds is 4. The Morgan fingerprint density at radius 3 is 2.53 bits per heavy atom. The maximum absolute atomic E-state index is 12.3. The van der Waals surface area contributed by atoms with E-state index in [2.05, 4.69) is 16.7 Å². The van der Waals surface area contributed by atoms with Gasteiger partial charge >= 0.3 is 0 Å². The third-order valence-corrected chi connectivity index (χ3v) is 4.87. The van der Waals surface area contributed by atoms with E-state index in [9.17, 15) is 4.79 Å². The molecule has 2 fully saturated rings. The lowest BCUT2D eigenvalue weighted by atomic mass is 9.84. The van der Waals surface area contributed by atoms with Crippen LogP contribution in [0.15, 0.2) is 0 Å². The Hall–Kier alpha value is -0.610. The number of nitrogens with zero attached hydrogens (tertiary/aromatic N) is 2. The van der Waals surface area contributed by atoms with E-state index in [0.717, 1.165) is 39.1 Å². The monoisotopic (exact) mass is 267 g/mol. The van der Waals surface area contributed by atoms with Crippen molar-refractivity contribution in [1.82, 2.24) is 9.80 Å². The highest BCUT2D eigenvalue weighted by molar-refractivity contribution is 5.78. The highest BCUT2D eigenvalue weighted by atomic mass is 16.2. The highest BCUT2D eigenvalue weighted by Gasteiger charge is 2.29. The van der Waals surface area contributed by atoms with Crippen LogP contribution in [0.2, 0.25) is 0 Å². The zero-order chi connectivity index (χ0) is 13.7. The fourth-order valence-corrected chi connectivity index (χ4v) is 3.51. The average molecular weight is 267 g/mol. The predicted molar refractivity (Wildman–Crippen MR) is 77.8 cm³/mol. The van der Waals surface area contributed by atoms with Gasteiger partial charge in [0.1, 0.15) is 0 Å². The molecule has 0 bridgehead atoms. The van der Waals surface area contributed by atoms with Crippen molar-refractivity contribution < 1.29 is 4.79 Å². The van der Waals surface area contributed by atoms with E-state index in [1.54, 1.807) is 0 Å². The molecule has 0 aromatic rings. The zero-order valence-electron chi connectivity index (χ0n) is 12.3. The number of hydrogen-bond acceptors (Lipinski definition) is 3. The van der Waals surface area contributed by atoms with Crippen LogP contribution < -0.4 is 5.73 Å². The molecule has 2 aliphatic rings. The van der Waals surface area contributed by atoms with Crippen LogP contribution in [-0.2, 0) is 4.79 Å². The summed E-state index contributed by atoms with van der Waals surface area (Å²) in [4.78, 5) is 16.7. The van der Waals surface area contributed by atoms with Crippen molar-refractivity contribution in [2.75, 3.05) is 39.3 Å². The third kappa shape index (κ3) is 3.93. The molecular weight excluding hydrogens is 238 g/mol. The minimum atomic E-state index is 0.334. The molecule has 0 aromatic heterocycles. The molecular formula is C15H29N3O. The van der Waals surface area contributed by atoms with Crippen LogP contribution in [0.5, 0.6) is 0 Å². The first-order valence-electron chi connectivity index (χ1n) is 7.94. The number of carbonyl (C=O) groups is 1. The highest BCUT2D eigenvalue weighted by Crippen LogP contribution is 2.25. The van der Waals surface area contributed by atoms with E-state index in [1.165, 1.54) is 25.7 Å². The molecule has 2 atom stereocenters. The minimum Gasteiger partial charge on any atom is -0.342 e. The van der Waals surface area contributed by atoms with Crippen LogP contribution in [0, 0.1) is 11.8 Å². The van der Waals surface area contributed by atoms with Crippen molar-refractivity contribution in [3.8, 4) is 0 Å². The van der Waals surface area contributed by atoms with E-state index in [0.29, 0.717) is 24.3 Å². The average Bonchev–Trinajstić information content (AvgIpc) is 2.48. The van der Waals surface area contributed by atoms with E-state index in [-0.39, 0.29) is 0 Å². The molecule has 110 valence electrons. The molecule has 0 aromatic carbocycles. The quantitative estimate of drug-likeness (QED) is 0.835. The molecule has 0 spiro atoms. The first-order chi connectivity index (χ1) is 9.24. The van der Waals surface area contributed by atoms with Crippen molar-refractivity contribution in [3.05, 3.63) is 0 Å². The van der Waals surface area contributed by atoms with Gasteiger partial charge in [0.15, 0.2) is 0 Å². The van der Waals surface area contributed by atoms with E-state index in [1.807, 2.05) is 0 Å². The number of hydrogen-bond donors (Lipinski definition) is 1. The molecule has 2 N–H and O–H groups in total. The van der Waals surface area contributed by atoms with Gasteiger partial charge in [-0.25, -0.2) is 0 Å². The van der Waals surface area contributed by atoms with Crippen molar-refractivity contribution in [3.63, 3.8) is 0 Å². The summed E-state index contributed by atoms with van der Waals surface area (Å²) in [5.41, 5.74) is 5.84. The van der Waals surface area contributed by atoms with Crippen LogP contribution in [0.3, 0.4) is 0 Å². The normalized spacial score (nSPS) is 29.5. The Morgan fingerprint density at radius 1 is 1.16 bits per heavy atom. The number of amides is 1. The van der Waals surface area contributed by atoms with Crippen LogP contribution in [-0.4, -0.2) is 55.0 Å². The van der Waals surface area contributed by atoms with Gasteiger partial charge in [0.2, 0.25) is 5.91 Å². The Labute approximate surface area is 117 Å². The summed E-state index contributed by atoms with van der Waals surface area (Å²) in [5, 5.41) is 0. The second kappa shape index (κ2) is 7.25. The molecule has 4 nitrogen and oxygen atoms in total. The van der Waals surface area contributed by atoms with Crippen LogP contribution >= 0.6 is 0 Å². The van der Waals surface area contributed by atoms with Crippen molar-refractivity contribution in [2.45, 2.75) is 39.0 Å². The summed E-state index contributed by atoms with van der Waals surface area (Å²) in [6, 6.07) is 0. The number of nitrogens with two attached hydrogens (primary N) is 1. The molecule has 0 aliphatic carbocycles. The van der Waals surface area contributed by atoms with Gasteiger partial charge in [-0.05, 0) is 50.6 Å². The zero-order valence-corrected chi connectivity index (χ0v) is 12.3. The fourth-order valence-electron chi connectivity index (χ4n) is 3.51. The molecule has 0 saturated carbocycles. The van der Waals surface area contributed by atoms with E-state index >= 15 is 0 Å². The Bertz CT molecular complexity index is 289. The maximum atomic E-state index is 12.3. The Morgan fingerprint density at radius 2 is 1.89 bits per heavy atom. The first kappa shape index (κ1) is 14.8. The molecule has 2 rings (SSSR count). The van der Waals surface area contributed by atoms with Gasteiger partial charge < -0.3 is 10.6 Å². The van der Waals surface area contributed by atoms with Crippen LogP contribution in [0.4, 0.5) is 0 Å². The lowest BCUT2D eigenvalue weighted by Gasteiger charge is -2.38. The minimum absolute atomic E-state index is 0.334. The molecule has 1 amide bonds. The third-order valence-electron chi connectivity index (χ3n) is 4.87. The molecule has 2 saturated heterocycles. The fraction of sp³-hybridized carbons (Fsp3) is 0.933. The first-order valence-corrected chi connectivity index (χ1v) is 7.94. The Kier molecular flexibility index (Phi) is 5.64. The summed E-state index contributed by atoms with van der Waals surface area (Å²) in [5.74, 6) is 1.67. The lowest BCUT2D eigenvalue weighted by molar-refractivity contribution is -0.134. The summed E-state index contributed by atoms with van der Waals surface area (Å²) in [6.07, 6.45) is 5.97. The Balaban J connectivity index is 1.80. The van der Waals surface area contributed by atoms with Crippen LogP contribution in [0.25, 0.3) is 0 Å². The van der Waals surface area contributed by atoms with Gasteiger partial charge in [0.05, 0.1) is 6.54 Å². The van der Waals surface area contributed by atoms with Gasteiger partial charge in [-0.15, -0.1) is 0 Å². The summed E-state index contributed by atoms with van der Waals surface area (Å²) in [6.45, 7) is 7.68. The van der Waals surface area contributed by atoms with Crippen molar-refractivity contribution in [1.29, 1.82) is 0 Å². The van der Waals surface area contributed by atoms with Gasteiger partial charge in [0.25, 0.3) is 0 Å². The molecule has 0 radical (unpaired) electrons. The van der Waals surface area contributed by atoms with E-state index in [4.69, 9.17) is 5.73 Å². The van der Waals surface area contributed by atoms with Crippen molar-refractivity contribution >= 4 is 5.91 Å².